The Bertz CT molecular complexity index is 1360. The lowest BCUT2D eigenvalue weighted by molar-refractivity contribution is -0.889. The van der Waals surface area contributed by atoms with Gasteiger partial charge in [-0.15, -0.1) is 0 Å². The quantitative estimate of drug-likeness (QED) is 0.0260. The second kappa shape index (κ2) is 45.8. The predicted octanol–water partition coefficient (Wildman–Crippen LogP) is 13.3. The summed E-state index contributed by atoms with van der Waals surface area (Å²) in [5, 5.41) is 11.7. The number of carboxylic acid groups (broad SMARTS) is 1. The number of likely N-dealkylation sites (N-methyl/N-ethyl adjacent to an activating group) is 1. The number of unbranched alkanes of at least 4 members (excludes halogenated alkanes) is 14. The highest BCUT2D eigenvalue weighted by Gasteiger charge is 2.25. The minimum Gasteiger partial charge on any atom is -0.544 e. The fourth-order valence-corrected chi connectivity index (χ4v) is 6.88. The zero-order chi connectivity index (χ0) is 47.0. The molecule has 0 fully saturated rings. The Balaban J connectivity index is 4.32. The standard InChI is InChI=1S/C56H93NO7/c1-6-8-10-12-14-16-18-20-22-24-26-27-29-30-32-34-36-38-40-42-44-46-54(58)63-51-52(50-62-49-48-53(56(60)61)57(3,4)5)64-55(59)47-45-43-41-39-37-35-33-31-28-25-23-21-19-17-15-13-11-9-7-2/h8-11,14-17,20-23,28,31,35,37,52-53H,6-7,12-13,18-19,24-27,29-30,32-34,36,38-51H2,1-5H3/b10-8+,11-9+,16-14+,17-15+,22-20+,23-21+,31-28+,37-35+. The summed E-state index contributed by atoms with van der Waals surface area (Å²) in [4.78, 5) is 37.0. The minimum atomic E-state index is -1.13. The van der Waals surface area contributed by atoms with E-state index in [1.165, 1.54) is 57.8 Å². The molecule has 2 unspecified atom stereocenters. The molecular formula is C56H93NO7. The molecule has 0 aliphatic carbocycles. The maximum Gasteiger partial charge on any atom is 0.306 e. The molecule has 0 saturated heterocycles. The molecule has 0 bridgehead atoms. The Hall–Kier alpha value is -3.75. The largest absolute Gasteiger partial charge is 0.544 e. The molecule has 364 valence electrons. The van der Waals surface area contributed by atoms with Gasteiger partial charge in [-0.05, 0) is 89.9 Å². The summed E-state index contributed by atoms with van der Waals surface area (Å²) >= 11 is 0. The van der Waals surface area contributed by atoms with Crippen molar-refractivity contribution in [3.05, 3.63) is 97.2 Å². The molecule has 0 aromatic carbocycles. The number of nitrogens with zero attached hydrogens (tertiary/aromatic N) is 1. The van der Waals surface area contributed by atoms with E-state index in [-0.39, 0.29) is 49.1 Å². The van der Waals surface area contributed by atoms with Crippen LogP contribution in [0.2, 0.25) is 0 Å². The predicted molar refractivity (Wildman–Crippen MR) is 268 cm³/mol. The second-order valence-electron chi connectivity index (χ2n) is 17.6. The lowest BCUT2D eigenvalue weighted by Gasteiger charge is -2.34. The van der Waals surface area contributed by atoms with Gasteiger partial charge in [-0.3, -0.25) is 9.59 Å². The number of hydrogen-bond acceptors (Lipinski definition) is 7. The van der Waals surface area contributed by atoms with Crippen molar-refractivity contribution in [3.8, 4) is 0 Å². The summed E-state index contributed by atoms with van der Waals surface area (Å²) in [6.45, 7) is 4.40. The molecule has 0 aliphatic heterocycles. The monoisotopic (exact) mass is 892 g/mol. The molecule has 8 nitrogen and oxygen atoms in total. The van der Waals surface area contributed by atoms with Crippen LogP contribution in [0.5, 0.6) is 0 Å². The normalized spacial score (nSPS) is 13.7. The van der Waals surface area contributed by atoms with E-state index in [1.54, 1.807) is 21.1 Å². The molecule has 0 spiro atoms. The summed E-state index contributed by atoms with van der Waals surface area (Å²) in [7, 11) is 5.39. The van der Waals surface area contributed by atoms with Gasteiger partial charge in [0.1, 0.15) is 12.6 Å². The summed E-state index contributed by atoms with van der Waals surface area (Å²) in [6, 6.07) is -0.738. The Labute approximate surface area is 392 Å². The smallest absolute Gasteiger partial charge is 0.306 e. The molecule has 64 heavy (non-hydrogen) atoms. The molecule has 2 atom stereocenters. The number of hydrogen-bond donors (Lipinski definition) is 0. The van der Waals surface area contributed by atoms with Gasteiger partial charge in [0.2, 0.25) is 0 Å². The zero-order valence-corrected chi connectivity index (χ0v) is 41.4. The van der Waals surface area contributed by atoms with Crippen LogP contribution >= 0.6 is 0 Å². The highest BCUT2D eigenvalue weighted by atomic mass is 16.6. The van der Waals surface area contributed by atoms with Crippen LogP contribution in [0.1, 0.15) is 187 Å². The van der Waals surface area contributed by atoms with Crippen molar-refractivity contribution < 1.29 is 38.2 Å². The third-order valence-electron chi connectivity index (χ3n) is 10.7. The van der Waals surface area contributed by atoms with Crippen molar-refractivity contribution in [2.24, 2.45) is 0 Å². The third-order valence-corrected chi connectivity index (χ3v) is 10.7. The Morgan fingerprint density at radius 1 is 0.469 bits per heavy atom. The summed E-state index contributed by atoms with van der Waals surface area (Å²) in [5.41, 5.74) is 0. The van der Waals surface area contributed by atoms with Crippen molar-refractivity contribution in [2.75, 3.05) is 41.0 Å². The fraction of sp³-hybridized carbons (Fsp3) is 0.661. The lowest BCUT2D eigenvalue weighted by Crippen LogP contribution is -2.55. The van der Waals surface area contributed by atoms with E-state index in [2.05, 4.69) is 111 Å². The molecule has 0 rings (SSSR count). The summed E-state index contributed by atoms with van der Waals surface area (Å²) < 4.78 is 17.2. The molecular weight excluding hydrogens is 799 g/mol. The highest BCUT2D eigenvalue weighted by Crippen LogP contribution is 2.14. The summed E-state index contributed by atoms with van der Waals surface area (Å²) in [6.07, 6.45) is 61.5. The molecule has 8 heteroatoms. The van der Waals surface area contributed by atoms with Crippen LogP contribution < -0.4 is 5.11 Å². The first-order chi connectivity index (χ1) is 31.1. The van der Waals surface area contributed by atoms with Crippen LogP contribution in [0.25, 0.3) is 0 Å². The Morgan fingerprint density at radius 2 is 0.828 bits per heavy atom. The molecule has 0 radical (unpaired) electrons. The second-order valence-corrected chi connectivity index (χ2v) is 17.6. The first-order valence-corrected chi connectivity index (χ1v) is 25.3. The molecule has 0 heterocycles. The van der Waals surface area contributed by atoms with E-state index in [0.717, 1.165) is 89.9 Å². The number of ether oxygens (including phenoxy) is 3. The van der Waals surface area contributed by atoms with Gasteiger partial charge < -0.3 is 28.6 Å². The van der Waals surface area contributed by atoms with Crippen molar-refractivity contribution in [3.63, 3.8) is 0 Å². The van der Waals surface area contributed by atoms with E-state index in [1.807, 2.05) is 0 Å². The van der Waals surface area contributed by atoms with Gasteiger partial charge in [0.05, 0.1) is 40.3 Å². The van der Waals surface area contributed by atoms with Crippen molar-refractivity contribution in [1.29, 1.82) is 0 Å². The van der Waals surface area contributed by atoms with E-state index < -0.39 is 18.1 Å². The van der Waals surface area contributed by atoms with Gasteiger partial charge in [0, 0.05) is 19.3 Å². The SMILES string of the molecule is CC/C=C/C/C=C/C/C=C/C/C=C/C/C=C/CCCCCC(=O)OC(COCCC(C(=O)[O-])[N+](C)(C)C)COC(=O)CCCCCCCCCCCCC/C=C/C/C=C/C/C=C/CC. The Morgan fingerprint density at radius 3 is 1.23 bits per heavy atom. The topological polar surface area (TPSA) is 102 Å². The number of quaternary nitrogens is 1. The maximum absolute atomic E-state index is 12.8. The molecule has 0 aliphatic rings. The van der Waals surface area contributed by atoms with Crippen molar-refractivity contribution >= 4 is 17.9 Å². The first kappa shape index (κ1) is 60.2. The van der Waals surface area contributed by atoms with Gasteiger partial charge in [-0.2, -0.15) is 0 Å². The fourth-order valence-electron chi connectivity index (χ4n) is 6.88. The number of allylic oxidation sites excluding steroid dienone is 16. The van der Waals surface area contributed by atoms with Gasteiger partial charge in [-0.1, -0.05) is 175 Å². The van der Waals surface area contributed by atoms with E-state index in [4.69, 9.17) is 14.2 Å². The number of rotatable bonds is 44. The highest BCUT2D eigenvalue weighted by molar-refractivity contribution is 5.70. The molecule has 0 saturated carbocycles. The van der Waals surface area contributed by atoms with Gasteiger partial charge in [0.15, 0.2) is 6.10 Å². The first-order valence-electron chi connectivity index (χ1n) is 25.3. The average Bonchev–Trinajstić information content (AvgIpc) is 3.26. The van der Waals surface area contributed by atoms with Crippen LogP contribution in [-0.4, -0.2) is 75.5 Å². The van der Waals surface area contributed by atoms with Crippen LogP contribution in [0.3, 0.4) is 0 Å². The van der Waals surface area contributed by atoms with Gasteiger partial charge >= 0.3 is 11.9 Å². The minimum absolute atomic E-state index is 0.0210. The molecule has 0 aromatic heterocycles. The molecule has 0 N–H and O–H groups in total. The van der Waals surface area contributed by atoms with Crippen LogP contribution in [0.4, 0.5) is 0 Å². The van der Waals surface area contributed by atoms with Crippen molar-refractivity contribution in [1.82, 2.24) is 0 Å². The summed E-state index contributed by atoms with van der Waals surface area (Å²) in [5.74, 6) is -1.79. The number of carbonyl (C=O) groups excluding carboxylic acids is 3. The van der Waals surface area contributed by atoms with E-state index >= 15 is 0 Å². The molecule has 0 amide bonds. The third kappa shape index (κ3) is 43.5. The maximum atomic E-state index is 12.8. The van der Waals surface area contributed by atoms with Crippen LogP contribution in [0, 0.1) is 0 Å². The van der Waals surface area contributed by atoms with Crippen LogP contribution in [0.15, 0.2) is 97.2 Å². The Kier molecular flexibility index (Phi) is 43.1. The number of carbonyl (C=O) groups is 3. The van der Waals surface area contributed by atoms with Crippen LogP contribution in [-0.2, 0) is 28.6 Å². The lowest BCUT2D eigenvalue weighted by atomic mass is 10.0. The zero-order valence-electron chi connectivity index (χ0n) is 41.4. The average molecular weight is 892 g/mol. The number of carboxylic acids is 1. The number of aliphatic carboxylic acids is 1. The molecule has 0 aromatic rings. The number of esters is 2. The van der Waals surface area contributed by atoms with Gasteiger partial charge in [-0.25, -0.2) is 0 Å². The van der Waals surface area contributed by atoms with Crippen molar-refractivity contribution in [2.45, 2.75) is 199 Å². The van der Waals surface area contributed by atoms with E-state index in [9.17, 15) is 19.5 Å². The van der Waals surface area contributed by atoms with Gasteiger partial charge in [0.25, 0.3) is 0 Å². The van der Waals surface area contributed by atoms with E-state index in [0.29, 0.717) is 12.8 Å².